The summed E-state index contributed by atoms with van der Waals surface area (Å²) in [4.78, 5) is 13.8. The lowest BCUT2D eigenvalue weighted by Gasteiger charge is -2.59. The van der Waals surface area contributed by atoms with Crippen molar-refractivity contribution in [3.63, 3.8) is 0 Å². The van der Waals surface area contributed by atoms with Crippen LogP contribution in [0.5, 0.6) is 0 Å². The highest BCUT2D eigenvalue weighted by molar-refractivity contribution is 6.31. The number of rotatable bonds is 8. The number of halogens is 4. The number of aliphatic hydroxyl groups is 1. The molecule has 0 radical (unpaired) electrons. The molecule has 0 spiro atoms. The molecule has 1 unspecified atom stereocenters. The molecule has 5 rings (SSSR count). The quantitative estimate of drug-likeness (QED) is 0.367. The summed E-state index contributed by atoms with van der Waals surface area (Å²) in [5.74, 6) is 0.594. The van der Waals surface area contributed by atoms with E-state index in [1.807, 2.05) is 0 Å². The summed E-state index contributed by atoms with van der Waals surface area (Å²) < 4.78 is 49.0. The number of alkyl halides is 3. The van der Waals surface area contributed by atoms with Crippen molar-refractivity contribution in [1.82, 2.24) is 15.0 Å². The number of Topliss-reactive ketones (excluding diaryl/α,β-unsaturated/α-hetero) is 1. The third kappa shape index (κ3) is 4.77. The number of ether oxygens (including phenoxy) is 1. The van der Waals surface area contributed by atoms with E-state index in [0.717, 1.165) is 37.6 Å². The molecule has 0 amide bonds. The molecule has 3 aliphatic rings. The van der Waals surface area contributed by atoms with Crippen LogP contribution < -0.4 is 0 Å². The van der Waals surface area contributed by atoms with Gasteiger partial charge in [-0.3, -0.25) is 4.79 Å². The molecule has 1 heterocycles. The Morgan fingerprint density at radius 2 is 1.93 bits per heavy atom. The van der Waals surface area contributed by atoms with E-state index >= 15 is 0 Å². The molecule has 0 aliphatic heterocycles. The van der Waals surface area contributed by atoms with E-state index < -0.39 is 17.2 Å². The topological polar surface area (TPSA) is 77.2 Å². The molecule has 6 nitrogen and oxygen atoms in total. The van der Waals surface area contributed by atoms with E-state index in [9.17, 15) is 23.1 Å². The maximum Gasteiger partial charge on any atom is 0.417 e. The zero-order chi connectivity index (χ0) is 29.1. The summed E-state index contributed by atoms with van der Waals surface area (Å²) in [6, 6.07) is 5.33. The van der Waals surface area contributed by atoms with E-state index in [1.165, 1.54) is 6.92 Å². The fraction of sp³-hybridized carbons (Fsp3) is 0.767. The largest absolute Gasteiger partial charge is 0.417 e. The van der Waals surface area contributed by atoms with Crippen LogP contribution >= 0.6 is 11.6 Å². The number of ketones is 1. The molecule has 8 atom stereocenters. The Labute approximate surface area is 239 Å². The van der Waals surface area contributed by atoms with E-state index in [-0.39, 0.29) is 48.3 Å². The van der Waals surface area contributed by atoms with Gasteiger partial charge in [-0.15, -0.1) is 5.10 Å². The van der Waals surface area contributed by atoms with Crippen molar-refractivity contribution >= 4 is 28.4 Å². The van der Waals surface area contributed by atoms with Crippen LogP contribution in [0.15, 0.2) is 18.2 Å². The highest BCUT2D eigenvalue weighted by Gasteiger charge is 2.62. The predicted molar refractivity (Wildman–Crippen MR) is 147 cm³/mol. The van der Waals surface area contributed by atoms with Gasteiger partial charge in [0.15, 0.2) is 11.4 Å². The van der Waals surface area contributed by atoms with Crippen molar-refractivity contribution in [3.8, 4) is 0 Å². The highest BCUT2D eigenvalue weighted by atomic mass is 35.5. The summed E-state index contributed by atoms with van der Waals surface area (Å²) in [6.45, 7) is 6.24. The second-order valence-corrected chi connectivity index (χ2v) is 13.6. The number of methoxy groups -OCH3 is 1. The van der Waals surface area contributed by atoms with Gasteiger partial charge in [0.25, 0.3) is 0 Å². The lowest BCUT2D eigenvalue weighted by Crippen LogP contribution is -2.56. The molecule has 1 aromatic carbocycles. The zero-order valence-electron chi connectivity index (χ0n) is 23.8. The summed E-state index contributed by atoms with van der Waals surface area (Å²) >= 11 is 6.18. The number of hydrogen-bond acceptors (Lipinski definition) is 5. The average molecular weight is 584 g/mol. The molecule has 222 valence electrons. The molecule has 1 N–H and O–H groups in total. The second-order valence-electron chi connectivity index (χ2n) is 13.2. The first kappa shape index (κ1) is 29.8. The third-order valence-electron chi connectivity index (χ3n) is 11.4. The number of nitrogens with zero attached hydrogens (tertiary/aromatic N) is 3. The van der Waals surface area contributed by atoms with Crippen molar-refractivity contribution in [2.75, 3.05) is 13.7 Å². The van der Waals surface area contributed by atoms with Gasteiger partial charge in [0.1, 0.15) is 12.1 Å². The van der Waals surface area contributed by atoms with Gasteiger partial charge < -0.3 is 9.84 Å². The maximum atomic E-state index is 13.9. The standard InChI is InChI=1S/C30H41ClF3N3O3/c1-5-29(39,30(32,33)34)15-18-6-8-20-21-9-10-23(27(21,2)13-12-22(20)28(18,3)17-40-4)26(38)16-37-25-14-19(31)7-11-24(25)35-36-37/h7,11,14,18,20-23,39H,5-6,8-10,12-13,15-17H2,1-4H3/t18-,20+,21+,22+,23-,27+,28-,29?/m1/s1. The van der Waals surface area contributed by atoms with Gasteiger partial charge in [-0.1, -0.05) is 37.6 Å². The Morgan fingerprint density at radius 1 is 1.18 bits per heavy atom. The van der Waals surface area contributed by atoms with Crippen molar-refractivity contribution in [3.05, 3.63) is 23.2 Å². The summed E-state index contributed by atoms with van der Waals surface area (Å²) in [7, 11) is 1.61. The lowest BCUT2D eigenvalue weighted by molar-refractivity contribution is -0.274. The molecule has 40 heavy (non-hydrogen) atoms. The van der Waals surface area contributed by atoms with Crippen LogP contribution in [0.4, 0.5) is 13.2 Å². The number of benzene rings is 1. The van der Waals surface area contributed by atoms with Gasteiger partial charge in [0, 0.05) is 18.1 Å². The fourth-order valence-electron chi connectivity index (χ4n) is 9.12. The van der Waals surface area contributed by atoms with Crippen molar-refractivity contribution in [2.45, 2.75) is 90.5 Å². The lowest BCUT2D eigenvalue weighted by atomic mass is 9.46. The van der Waals surface area contributed by atoms with Crippen LogP contribution in [0.2, 0.25) is 5.02 Å². The van der Waals surface area contributed by atoms with E-state index in [2.05, 4.69) is 24.2 Å². The molecule has 2 aromatic rings. The first-order valence-electron chi connectivity index (χ1n) is 14.6. The molecule has 3 fully saturated rings. The Kier molecular flexibility index (Phi) is 7.84. The number of fused-ring (bicyclic) bond motifs is 4. The molecular weight excluding hydrogens is 543 g/mol. The fourth-order valence-corrected chi connectivity index (χ4v) is 9.28. The first-order valence-corrected chi connectivity index (χ1v) is 14.9. The molecule has 0 bridgehead atoms. The molecule has 3 aliphatic carbocycles. The average Bonchev–Trinajstić information content (AvgIpc) is 3.45. The van der Waals surface area contributed by atoms with E-state index in [1.54, 1.807) is 30.0 Å². The summed E-state index contributed by atoms with van der Waals surface area (Å²) in [5.41, 5.74) is -1.90. The van der Waals surface area contributed by atoms with E-state index in [0.29, 0.717) is 35.4 Å². The van der Waals surface area contributed by atoms with Crippen LogP contribution in [0, 0.1) is 40.4 Å². The molecular formula is C30H41ClF3N3O3. The van der Waals surface area contributed by atoms with Crippen molar-refractivity contribution in [2.24, 2.45) is 40.4 Å². The molecule has 10 heteroatoms. The monoisotopic (exact) mass is 583 g/mol. The van der Waals surface area contributed by atoms with Crippen LogP contribution in [0.25, 0.3) is 11.0 Å². The Hall–Kier alpha value is -1.71. The van der Waals surface area contributed by atoms with Gasteiger partial charge in [0.05, 0.1) is 12.1 Å². The normalized spacial score (nSPS) is 35.8. The van der Waals surface area contributed by atoms with Gasteiger partial charge in [-0.05, 0) is 104 Å². The van der Waals surface area contributed by atoms with Gasteiger partial charge in [-0.25, -0.2) is 4.68 Å². The minimum Gasteiger partial charge on any atom is -0.384 e. The molecule has 0 saturated heterocycles. The predicted octanol–water partition coefficient (Wildman–Crippen LogP) is 6.87. The smallest absolute Gasteiger partial charge is 0.384 e. The number of hydrogen-bond donors (Lipinski definition) is 1. The second kappa shape index (κ2) is 10.5. The number of aromatic nitrogens is 3. The Bertz CT molecular complexity index is 1250. The van der Waals surface area contributed by atoms with Crippen LogP contribution in [-0.2, 0) is 16.1 Å². The number of carbonyl (C=O) groups is 1. The Balaban J connectivity index is 1.36. The van der Waals surface area contributed by atoms with Gasteiger partial charge >= 0.3 is 6.18 Å². The SMILES string of the molecule is CCC(O)(C[C@H]1CC[C@@H]2[C@H](CC[C@]3(C)[C@@H](C(=O)Cn4nnc5ccc(Cl)cc54)CC[C@@H]23)[C@]1(C)COC)C(F)(F)F. The minimum absolute atomic E-state index is 0.0984. The zero-order valence-corrected chi connectivity index (χ0v) is 24.6. The van der Waals surface area contributed by atoms with Gasteiger partial charge in [0.2, 0.25) is 0 Å². The van der Waals surface area contributed by atoms with Crippen molar-refractivity contribution in [1.29, 1.82) is 0 Å². The molecule has 3 saturated carbocycles. The van der Waals surface area contributed by atoms with E-state index in [4.69, 9.17) is 16.3 Å². The van der Waals surface area contributed by atoms with Crippen LogP contribution in [-0.4, -0.2) is 51.4 Å². The number of carbonyl (C=O) groups excluding carboxylic acids is 1. The van der Waals surface area contributed by atoms with Crippen LogP contribution in [0.1, 0.15) is 72.1 Å². The Morgan fingerprint density at radius 3 is 2.60 bits per heavy atom. The highest BCUT2D eigenvalue weighted by Crippen LogP contribution is 2.66. The van der Waals surface area contributed by atoms with Crippen molar-refractivity contribution < 1.29 is 27.8 Å². The maximum absolute atomic E-state index is 13.9. The third-order valence-corrected chi connectivity index (χ3v) is 11.6. The minimum atomic E-state index is -4.67. The first-order chi connectivity index (χ1) is 18.8. The van der Waals surface area contributed by atoms with Gasteiger partial charge in [-0.2, -0.15) is 13.2 Å². The molecule has 1 aromatic heterocycles. The van der Waals surface area contributed by atoms with Crippen LogP contribution in [0.3, 0.4) is 0 Å². The summed E-state index contributed by atoms with van der Waals surface area (Å²) in [6.07, 6.45) is -0.443. The summed E-state index contributed by atoms with van der Waals surface area (Å²) in [5, 5.41) is 19.6.